The van der Waals surface area contributed by atoms with Crippen molar-refractivity contribution in [2.45, 2.75) is 72.5 Å². The average molecular weight is 645 g/mol. The molecule has 4 rings (SSSR count). The summed E-state index contributed by atoms with van der Waals surface area (Å²) in [5, 5.41) is 12.2. The third-order valence-corrected chi connectivity index (χ3v) is 7.26. The molecule has 1 aliphatic rings. The van der Waals surface area contributed by atoms with Crippen LogP contribution in [0.1, 0.15) is 85.5 Å². The molecule has 47 heavy (non-hydrogen) atoms. The van der Waals surface area contributed by atoms with Crippen LogP contribution in [-0.4, -0.2) is 40.1 Å². The quantitative estimate of drug-likeness (QED) is 0.0838. The van der Waals surface area contributed by atoms with E-state index < -0.39 is 28.8 Å². The number of anilines is 2. The van der Waals surface area contributed by atoms with E-state index in [2.05, 4.69) is 42.0 Å². The number of carbonyl (C=O) groups excluding carboxylic acids is 3. The lowest BCUT2D eigenvalue weighted by Gasteiger charge is -2.16. The molecular formula is C33H40N8O6. The second-order valence-electron chi connectivity index (χ2n) is 10.4. The standard InChI is InChI=1S/C31H34N8O6.C2H6/c1-3-5-21-20(17(2)10-11-38-45-31(33)44)8-9-22(21)39-30(43)24-13-23(36-16-37-24)29(42)35-15-19-7-4-6-18(12-19)14-34-26-25(32)27(40)28(26)41;1-2/h4-7,11-13,16,22,34H,3,8-10,14-15,32H2,1-2H3,(H2,33,44)(H,35,42)(H,39,43);1-2H3/b20-17-,21-5+,38-11+;. The molecule has 0 aliphatic heterocycles. The van der Waals surface area contributed by atoms with Crippen molar-refractivity contribution >= 4 is 35.5 Å². The van der Waals surface area contributed by atoms with Crippen molar-refractivity contribution in [3.8, 4) is 0 Å². The minimum atomic E-state index is -0.985. The maximum absolute atomic E-state index is 13.2. The average Bonchev–Trinajstić information content (AvgIpc) is 3.48. The van der Waals surface area contributed by atoms with Crippen molar-refractivity contribution in [3.05, 3.63) is 102 Å². The monoisotopic (exact) mass is 644 g/mol. The second-order valence-corrected chi connectivity index (χ2v) is 10.4. The summed E-state index contributed by atoms with van der Waals surface area (Å²) < 4.78 is 0. The van der Waals surface area contributed by atoms with Crippen molar-refractivity contribution in [1.29, 1.82) is 0 Å². The Kier molecular flexibility index (Phi) is 13.1. The van der Waals surface area contributed by atoms with Gasteiger partial charge in [-0.05, 0) is 48.5 Å². The lowest BCUT2D eigenvalue weighted by atomic mass is 9.99. The molecule has 0 radical (unpaired) electrons. The normalized spacial score (nSPS) is 16.0. The van der Waals surface area contributed by atoms with Crippen LogP contribution in [0.25, 0.3) is 0 Å². The number of aromatic nitrogens is 2. The maximum atomic E-state index is 13.2. The minimum Gasteiger partial charge on any atom is -0.394 e. The molecule has 248 valence electrons. The Hall–Kier alpha value is -5.66. The van der Waals surface area contributed by atoms with Gasteiger partial charge < -0.3 is 27.4 Å². The van der Waals surface area contributed by atoms with E-state index in [4.69, 9.17) is 11.5 Å². The van der Waals surface area contributed by atoms with Crippen molar-refractivity contribution in [2.24, 2.45) is 10.9 Å². The van der Waals surface area contributed by atoms with Gasteiger partial charge in [-0.15, -0.1) is 0 Å². The van der Waals surface area contributed by atoms with E-state index in [1.54, 1.807) is 6.07 Å². The SMILES string of the molecule is CC.CC/C=C1\C(=C(\C)C/C=N/OC(N)=O)CCC1NC(=O)c1cc(C(=O)NCc2cccc(CNc3c(N)c(=O)c3=O)c2)ncn1. The first-order valence-electron chi connectivity index (χ1n) is 15.3. The largest absolute Gasteiger partial charge is 0.430 e. The van der Waals surface area contributed by atoms with Gasteiger partial charge in [0.1, 0.15) is 29.1 Å². The van der Waals surface area contributed by atoms with E-state index in [9.17, 15) is 24.0 Å². The molecule has 3 aromatic rings. The molecule has 1 unspecified atom stereocenters. The highest BCUT2D eigenvalue weighted by molar-refractivity contribution is 5.97. The number of allylic oxidation sites excluding steroid dienone is 2. The zero-order valence-electron chi connectivity index (χ0n) is 26.9. The molecule has 14 heteroatoms. The summed E-state index contributed by atoms with van der Waals surface area (Å²) in [7, 11) is 0. The van der Waals surface area contributed by atoms with Crippen molar-refractivity contribution in [1.82, 2.24) is 20.6 Å². The number of benzene rings is 1. The van der Waals surface area contributed by atoms with Gasteiger partial charge in [0.15, 0.2) is 0 Å². The van der Waals surface area contributed by atoms with Crippen LogP contribution in [0.4, 0.5) is 16.2 Å². The van der Waals surface area contributed by atoms with E-state index in [0.29, 0.717) is 12.8 Å². The third-order valence-electron chi connectivity index (χ3n) is 7.26. The molecule has 14 nitrogen and oxygen atoms in total. The number of primary amides is 1. The van der Waals surface area contributed by atoms with Gasteiger partial charge in [0, 0.05) is 31.8 Å². The highest BCUT2D eigenvalue weighted by Crippen LogP contribution is 2.34. The zero-order chi connectivity index (χ0) is 34.5. The lowest BCUT2D eigenvalue weighted by molar-refractivity contribution is 0.0938. The summed E-state index contributed by atoms with van der Waals surface area (Å²) in [6, 6.07) is 8.39. The molecule has 1 fully saturated rings. The number of hydrogen-bond acceptors (Lipinski definition) is 11. The highest BCUT2D eigenvalue weighted by atomic mass is 16.7. The number of carbonyl (C=O) groups is 3. The Morgan fingerprint density at radius 3 is 2.38 bits per heavy atom. The van der Waals surface area contributed by atoms with Crippen molar-refractivity contribution in [3.63, 3.8) is 0 Å². The van der Waals surface area contributed by atoms with E-state index >= 15 is 0 Å². The highest BCUT2D eigenvalue weighted by Gasteiger charge is 2.28. The van der Waals surface area contributed by atoms with Gasteiger partial charge in [-0.2, -0.15) is 0 Å². The van der Waals surface area contributed by atoms with Crippen LogP contribution >= 0.6 is 0 Å². The Labute approximate surface area is 272 Å². The molecule has 3 amide bonds. The molecule has 2 aromatic carbocycles. The van der Waals surface area contributed by atoms with E-state index in [-0.39, 0.29) is 41.9 Å². The Balaban J connectivity index is 0.00000294. The fourth-order valence-corrected chi connectivity index (χ4v) is 5.02. The summed E-state index contributed by atoms with van der Waals surface area (Å²) in [6.07, 6.45) is 6.36. The summed E-state index contributed by atoms with van der Waals surface area (Å²) in [5.74, 6) is -0.918. The predicted molar refractivity (Wildman–Crippen MR) is 179 cm³/mol. The molecule has 0 spiro atoms. The Bertz CT molecular complexity index is 1770. The first-order chi connectivity index (χ1) is 22.6. The molecule has 0 bridgehead atoms. The minimum absolute atomic E-state index is 0.0354. The van der Waals surface area contributed by atoms with Gasteiger partial charge in [0.2, 0.25) is 0 Å². The molecule has 7 N–H and O–H groups in total. The lowest BCUT2D eigenvalue weighted by Crippen LogP contribution is -2.36. The van der Waals surface area contributed by atoms with Crippen LogP contribution in [0.2, 0.25) is 0 Å². The number of nitrogen functional groups attached to an aromatic ring is 1. The number of amides is 3. The first kappa shape index (κ1) is 35.8. The van der Waals surface area contributed by atoms with Gasteiger partial charge >= 0.3 is 6.09 Å². The van der Waals surface area contributed by atoms with Crippen LogP contribution in [0.5, 0.6) is 0 Å². The molecule has 1 saturated carbocycles. The topological polar surface area (TPSA) is 221 Å². The molecule has 1 heterocycles. The summed E-state index contributed by atoms with van der Waals surface area (Å²) in [6.45, 7) is 8.42. The van der Waals surface area contributed by atoms with E-state index in [1.807, 2.05) is 45.9 Å². The van der Waals surface area contributed by atoms with Crippen LogP contribution in [0.3, 0.4) is 0 Å². The molecule has 0 saturated heterocycles. The van der Waals surface area contributed by atoms with Crippen molar-refractivity contribution < 1.29 is 19.2 Å². The Morgan fingerprint density at radius 2 is 1.72 bits per heavy atom. The zero-order valence-corrected chi connectivity index (χ0v) is 26.9. The maximum Gasteiger partial charge on any atom is 0.430 e. The van der Waals surface area contributed by atoms with Gasteiger partial charge in [0.05, 0.1) is 6.04 Å². The third kappa shape index (κ3) is 9.42. The number of hydrogen-bond donors (Lipinski definition) is 5. The Morgan fingerprint density at radius 1 is 1.04 bits per heavy atom. The van der Waals surface area contributed by atoms with Gasteiger partial charge in [-0.1, -0.05) is 61.8 Å². The van der Waals surface area contributed by atoms with E-state index in [0.717, 1.165) is 40.7 Å². The van der Waals surface area contributed by atoms with Gasteiger partial charge in [0.25, 0.3) is 22.7 Å². The summed E-state index contributed by atoms with van der Waals surface area (Å²) in [5.41, 5.74) is 14.0. The summed E-state index contributed by atoms with van der Waals surface area (Å²) >= 11 is 0. The van der Waals surface area contributed by atoms with Gasteiger partial charge in [-0.25, -0.2) is 14.8 Å². The van der Waals surface area contributed by atoms with Crippen LogP contribution in [0.15, 0.2) is 74.2 Å². The van der Waals surface area contributed by atoms with Crippen LogP contribution in [0, 0.1) is 0 Å². The number of oxime groups is 1. The van der Waals surface area contributed by atoms with E-state index in [1.165, 1.54) is 18.6 Å². The fourth-order valence-electron chi connectivity index (χ4n) is 5.02. The van der Waals surface area contributed by atoms with Crippen LogP contribution in [-0.2, 0) is 17.9 Å². The second kappa shape index (κ2) is 17.1. The van der Waals surface area contributed by atoms with Crippen LogP contribution < -0.4 is 38.3 Å². The molecule has 1 aliphatic carbocycles. The first-order valence-corrected chi connectivity index (χ1v) is 15.3. The smallest absolute Gasteiger partial charge is 0.394 e. The number of nitrogens with one attached hydrogen (secondary N) is 3. The van der Waals surface area contributed by atoms with Gasteiger partial charge in [-0.3, -0.25) is 24.0 Å². The number of nitrogens with two attached hydrogens (primary N) is 2. The van der Waals surface area contributed by atoms with Crippen molar-refractivity contribution in [2.75, 3.05) is 11.1 Å². The molecule has 1 atom stereocenters. The molecule has 1 aromatic heterocycles. The number of nitrogens with zero attached hydrogens (tertiary/aromatic N) is 3. The number of rotatable bonds is 12. The molecular weight excluding hydrogens is 604 g/mol. The predicted octanol–water partition coefficient (Wildman–Crippen LogP) is 3.24. The fraction of sp³-hybridized carbons (Fsp3) is 0.333. The summed E-state index contributed by atoms with van der Waals surface area (Å²) in [4.78, 5) is 72.2.